The lowest BCUT2D eigenvalue weighted by atomic mass is 10.0. The Hall–Kier alpha value is -5.20. The minimum atomic E-state index is -0.667. The van der Waals surface area contributed by atoms with Crippen LogP contribution < -0.4 is 33.8 Å². The highest BCUT2D eigenvalue weighted by Gasteiger charge is 2.24. The molecule has 0 atom stereocenters. The molecule has 1 amide bonds. The Bertz CT molecular complexity index is 2000. The molecular weight excluding hydrogens is 706 g/mol. The zero-order valence-electron chi connectivity index (χ0n) is 26.6. The molecule has 0 unspecified atom stereocenters. The molecule has 0 aliphatic heterocycles. The fraction of sp³-hybridized carbons (Fsp3) is 0.171. The van der Waals surface area contributed by atoms with Gasteiger partial charge in [0.05, 0.1) is 52.3 Å². The highest BCUT2D eigenvalue weighted by atomic mass is 79.9. The van der Waals surface area contributed by atoms with Crippen molar-refractivity contribution in [2.45, 2.75) is 6.92 Å². The second-order valence-corrected chi connectivity index (χ2v) is 11.3. The Labute approximate surface area is 289 Å². The maximum Gasteiger partial charge on any atom is 0.343 e. The van der Waals surface area contributed by atoms with Crippen molar-refractivity contribution >= 4 is 56.5 Å². The van der Waals surface area contributed by atoms with Crippen LogP contribution in [0.5, 0.6) is 34.5 Å². The van der Waals surface area contributed by atoms with Gasteiger partial charge in [0.1, 0.15) is 11.4 Å². The van der Waals surface area contributed by atoms with Gasteiger partial charge in [-0.05, 0) is 61.0 Å². The number of carbonyl (C=O) groups is 2. The minimum absolute atomic E-state index is 0.179. The third kappa shape index (κ3) is 6.90. The highest BCUT2D eigenvalue weighted by molar-refractivity contribution is 9.10. The zero-order chi connectivity index (χ0) is 34.4. The molecule has 11 nitrogen and oxygen atoms in total. The van der Waals surface area contributed by atoms with Crippen molar-refractivity contribution in [2.75, 3.05) is 35.0 Å². The first-order chi connectivity index (χ1) is 23.2. The van der Waals surface area contributed by atoms with Crippen molar-refractivity contribution in [1.82, 2.24) is 10.4 Å². The van der Waals surface area contributed by atoms with E-state index in [1.165, 1.54) is 39.7 Å². The number of aromatic amines is 1. The molecule has 0 aliphatic carbocycles. The molecule has 13 heteroatoms. The van der Waals surface area contributed by atoms with E-state index < -0.39 is 11.9 Å². The number of benzene rings is 4. The van der Waals surface area contributed by atoms with Gasteiger partial charge >= 0.3 is 5.97 Å². The number of methoxy groups -OCH3 is 4. The molecule has 0 bridgehead atoms. The van der Waals surface area contributed by atoms with E-state index in [0.717, 1.165) is 9.86 Å². The van der Waals surface area contributed by atoms with Crippen LogP contribution in [0.25, 0.3) is 22.0 Å². The van der Waals surface area contributed by atoms with E-state index >= 15 is 0 Å². The summed E-state index contributed by atoms with van der Waals surface area (Å²) in [6.07, 6.45) is 1.44. The smallest absolute Gasteiger partial charge is 0.343 e. The van der Waals surface area contributed by atoms with Gasteiger partial charge in [-0.3, -0.25) is 4.79 Å². The lowest BCUT2D eigenvalue weighted by molar-refractivity contribution is 0.0727. The minimum Gasteiger partial charge on any atom is -0.495 e. The van der Waals surface area contributed by atoms with Crippen LogP contribution in [-0.2, 0) is 0 Å². The first-order valence-corrected chi connectivity index (χ1v) is 15.7. The van der Waals surface area contributed by atoms with Crippen LogP contribution in [0, 0.1) is 0 Å². The Kier molecular flexibility index (Phi) is 10.8. The van der Waals surface area contributed by atoms with Crippen LogP contribution in [0.4, 0.5) is 0 Å². The van der Waals surface area contributed by atoms with Crippen LogP contribution in [0.15, 0.2) is 76.3 Å². The number of fused-ring (bicyclic) bond motifs is 1. The van der Waals surface area contributed by atoms with E-state index in [1.807, 2.05) is 24.3 Å². The predicted molar refractivity (Wildman–Crippen MR) is 187 cm³/mol. The first kappa shape index (κ1) is 34.1. The van der Waals surface area contributed by atoms with Crippen LogP contribution in [0.2, 0.25) is 5.02 Å². The molecule has 0 saturated carbocycles. The van der Waals surface area contributed by atoms with Gasteiger partial charge in [-0.25, -0.2) is 10.2 Å². The standard InChI is InChI=1S/C35H31BrClN3O8/c1-6-47-26-15-19(11-13-24(26)48-35(42)20-16-27(44-3)33(46-5)28(17-20)45-4)18-38-40-34(41)32-29(21-9-7-8-10-23(21)37)30-22(36)12-14-25(43-2)31(30)39-32/h7-18,39H,6H2,1-5H3,(H,40,41). The van der Waals surface area contributed by atoms with Crippen LogP contribution in [-0.4, -0.2) is 58.1 Å². The van der Waals surface area contributed by atoms with E-state index in [1.54, 1.807) is 44.4 Å². The summed E-state index contributed by atoms with van der Waals surface area (Å²) in [5.41, 5.74) is 5.44. The molecular formula is C35H31BrClN3O8. The number of carbonyl (C=O) groups excluding carboxylic acids is 2. The van der Waals surface area contributed by atoms with Crippen molar-refractivity contribution in [3.8, 4) is 45.6 Å². The summed E-state index contributed by atoms with van der Waals surface area (Å²) in [6.45, 7) is 2.10. The molecule has 2 N–H and O–H groups in total. The van der Waals surface area contributed by atoms with Gasteiger partial charge in [0.2, 0.25) is 5.75 Å². The third-order valence-corrected chi connectivity index (χ3v) is 8.20. The SMILES string of the molecule is CCOc1cc(C=NNC(=O)c2[nH]c3c(OC)ccc(Br)c3c2-c2ccccc2Cl)ccc1OC(=O)c1cc(OC)c(OC)c(OC)c1. The number of amides is 1. The Morgan fingerprint density at radius 2 is 1.56 bits per heavy atom. The summed E-state index contributed by atoms with van der Waals surface area (Å²) in [4.78, 5) is 29.9. The Morgan fingerprint density at radius 3 is 2.21 bits per heavy atom. The van der Waals surface area contributed by atoms with E-state index in [9.17, 15) is 9.59 Å². The molecule has 5 aromatic rings. The topological polar surface area (TPSA) is 130 Å². The van der Waals surface area contributed by atoms with Crippen molar-refractivity contribution in [3.05, 3.63) is 93.0 Å². The van der Waals surface area contributed by atoms with E-state index in [4.69, 9.17) is 40.0 Å². The van der Waals surface area contributed by atoms with Gasteiger partial charge in [-0.2, -0.15) is 5.10 Å². The summed E-state index contributed by atoms with van der Waals surface area (Å²) in [5.74, 6) is 0.812. The number of hydrogen-bond donors (Lipinski definition) is 2. The molecule has 1 heterocycles. The number of hydrazone groups is 1. The molecule has 248 valence electrons. The average molecular weight is 737 g/mol. The third-order valence-electron chi connectivity index (χ3n) is 7.21. The van der Waals surface area contributed by atoms with Crippen molar-refractivity contribution in [2.24, 2.45) is 5.10 Å². The van der Waals surface area contributed by atoms with Crippen molar-refractivity contribution in [3.63, 3.8) is 0 Å². The molecule has 5 rings (SSSR count). The zero-order valence-corrected chi connectivity index (χ0v) is 28.9. The number of halogens is 2. The summed E-state index contributed by atoms with van der Waals surface area (Å²) < 4.78 is 33.8. The molecule has 0 radical (unpaired) electrons. The lowest BCUT2D eigenvalue weighted by Crippen LogP contribution is -2.19. The number of hydrogen-bond acceptors (Lipinski definition) is 9. The van der Waals surface area contributed by atoms with Gasteiger partial charge in [0.15, 0.2) is 23.0 Å². The maximum atomic E-state index is 13.6. The second-order valence-electron chi connectivity index (χ2n) is 10.00. The van der Waals surface area contributed by atoms with Gasteiger partial charge in [-0.15, -0.1) is 0 Å². The molecule has 4 aromatic carbocycles. The molecule has 1 aromatic heterocycles. The quantitative estimate of drug-likeness (QED) is 0.0578. The van der Waals surface area contributed by atoms with Gasteiger partial charge < -0.3 is 33.4 Å². The Balaban J connectivity index is 1.40. The van der Waals surface area contributed by atoms with E-state index in [0.29, 0.717) is 62.6 Å². The van der Waals surface area contributed by atoms with Gasteiger partial charge in [0.25, 0.3) is 5.91 Å². The second kappa shape index (κ2) is 15.1. The van der Waals surface area contributed by atoms with Gasteiger partial charge in [-0.1, -0.05) is 45.7 Å². The maximum absolute atomic E-state index is 13.6. The van der Waals surface area contributed by atoms with Crippen LogP contribution in [0.1, 0.15) is 33.3 Å². The van der Waals surface area contributed by atoms with Crippen LogP contribution >= 0.6 is 27.5 Å². The molecule has 0 fully saturated rings. The molecule has 48 heavy (non-hydrogen) atoms. The summed E-state index contributed by atoms with van der Waals surface area (Å²) in [7, 11) is 5.94. The first-order valence-electron chi connectivity index (χ1n) is 14.5. The van der Waals surface area contributed by atoms with E-state index in [-0.39, 0.29) is 17.0 Å². The average Bonchev–Trinajstić information content (AvgIpc) is 3.50. The summed E-state index contributed by atoms with van der Waals surface area (Å²) in [6, 6.07) is 18.7. The fourth-order valence-electron chi connectivity index (χ4n) is 5.05. The summed E-state index contributed by atoms with van der Waals surface area (Å²) >= 11 is 10.2. The largest absolute Gasteiger partial charge is 0.495 e. The fourth-order valence-corrected chi connectivity index (χ4v) is 5.81. The molecule has 0 saturated heterocycles. The van der Waals surface area contributed by atoms with Gasteiger partial charge in [0, 0.05) is 26.0 Å². The lowest BCUT2D eigenvalue weighted by Gasteiger charge is -2.15. The van der Waals surface area contributed by atoms with Crippen LogP contribution in [0.3, 0.4) is 0 Å². The molecule has 0 spiro atoms. The number of nitrogens with zero attached hydrogens (tertiary/aromatic N) is 1. The number of nitrogens with one attached hydrogen (secondary N) is 2. The Morgan fingerprint density at radius 1 is 0.875 bits per heavy atom. The summed E-state index contributed by atoms with van der Waals surface area (Å²) in [5, 5.41) is 5.38. The molecule has 0 aliphatic rings. The number of ether oxygens (including phenoxy) is 6. The number of aromatic nitrogens is 1. The monoisotopic (exact) mass is 735 g/mol. The number of esters is 1. The van der Waals surface area contributed by atoms with Crippen molar-refractivity contribution < 1.29 is 38.0 Å². The highest BCUT2D eigenvalue weighted by Crippen LogP contribution is 2.43. The number of H-pyrrole nitrogens is 1. The number of rotatable bonds is 12. The normalized spacial score (nSPS) is 11.0. The van der Waals surface area contributed by atoms with E-state index in [2.05, 4.69) is 31.4 Å². The predicted octanol–water partition coefficient (Wildman–Crippen LogP) is 7.67. The van der Waals surface area contributed by atoms with Crippen molar-refractivity contribution in [1.29, 1.82) is 0 Å².